The van der Waals surface area contributed by atoms with Gasteiger partial charge in [-0.05, 0) is 12.1 Å². The van der Waals surface area contributed by atoms with Crippen molar-refractivity contribution >= 4 is 34.8 Å². The molecule has 0 aliphatic carbocycles. The summed E-state index contributed by atoms with van der Waals surface area (Å²) in [7, 11) is 1.51. The lowest BCUT2D eigenvalue weighted by Gasteiger charge is -2.17. The molecule has 0 fully saturated rings. The number of nitro benzene ring substituents is 1. The molecule has 0 unspecified atom stereocenters. The van der Waals surface area contributed by atoms with Crippen LogP contribution < -0.4 is 0 Å². The standard InChI is InChI=1S/C14H11Cl2N3O3/c1-18(8-9-4-2-3-5-11(9)19(21)22)14(20)13-10(15)6-7-12(16)17-13/h2-7H,8H2,1H3. The van der Waals surface area contributed by atoms with Gasteiger partial charge in [-0.25, -0.2) is 4.98 Å². The Labute approximate surface area is 136 Å². The lowest BCUT2D eigenvalue weighted by molar-refractivity contribution is -0.385. The number of nitro groups is 1. The molecule has 114 valence electrons. The van der Waals surface area contributed by atoms with Crippen LogP contribution in [0, 0.1) is 10.1 Å². The molecule has 8 heteroatoms. The quantitative estimate of drug-likeness (QED) is 0.484. The van der Waals surface area contributed by atoms with E-state index in [1.807, 2.05) is 0 Å². The zero-order valence-electron chi connectivity index (χ0n) is 11.5. The van der Waals surface area contributed by atoms with E-state index in [2.05, 4.69) is 4.98 Å². The molecule has 1 aromatic heterocycles. The molecule has 1 amide bonds. The summed E-state index contributed by atoms with van der Waals surface area (Å²) in [6.07, 6.45) is 0. The summed E-state index contributed by atoms with van der Waals surface area (Å²) in [5.74, 6) is -0.467. The van der Waals surface area contributed by atoms with E-state index in [0.29, 0.717) is 5.56 Å². The minimum absolute atomic E-state index is 0.00949. The van der Waals surface area contributed by atoms with Crippen LogP contribution in [0.4, 0.5) is 5.69 Å². The third-order valence-corrected chi connectivity index (χ3v) is 3.47. The molecule has 0 saturated carbocycles. The van der Waals surface area contributed by atoms with Gasteiger partial charge in [0.2, 0.25) is 0 Å². The van der Waals surface area contributed by atoms with Crippen molar-refractivity contribution in [1.29, 1.82) is 0 Å². The molecule has 0 aliphatic rings. The highest BCUT2D eigenvalue weighted by Gasteiger charge is 2.20. The number of amides is 1. The van der Waals surface area contributed by atoms with Crippen LogP contribution in [-0.4, -0.2) is 27.8 Å². The average Bonchev–Trinajstić information content (AvgIpc) is 2.49. The normalized spacial score (nSPS) is 10.3. The highest BCUT2D eigenvalue weighted by Crippen LogP contribution is 2.22. The van der Waals surface area contributed by atoms with Crippen molar-refractivity contribution in [2.75, 3.05) is 7.05 Å². The number of hydrogen-bond donors (Lipinski definition) is 0. The Morgan fingerprint density at radius 2 is 1.95 bits per heavy atom. The Morgan fingerprint density at radius 3 is 2.64 bits per heavy atom. The number of halogens is 2. The number of pyridine rings is 1. The van der Waals surface area contributed by atoms with Gasteiger partial charge in [0.1, 0.15) is 10.8 Å². The van der Waals surface area contributed by atoms with E-state index < -0.39 is 10.8 Å². The molecule has 22 heavy (non-hydrogen) atoms. The topological polar surface area (TPSA) is 76.3 Å². The van der Waals surface area contributed by atoms with Gasteiger partial charge in [-0.2, -0.15) is 0 Å². The molecular weight excluding hydrogens is 329 g/mol. The second-order valence-electron chi connectivity index (χ2n) is 4.51. The Kier molecular flexibility index (Phi) is 4.95. The lowest BCUT2D eigenvalue weighted by Crippen LogP contribution is -2.27. The van der Waals surface area contributed by atoms with Crippen molar-refractivity contribution < 1.29 is 9.72 Å². The van der Waals surface area contributed by atoms with Crippen molar-refractivity contribution in [3.8, 4) is 0 Å². The molecule has 0 bridgehead atoms. The van der Waals surface area contributed by atoms with Crippen LogP contribution in [-0.2, 0) is 6.54 Å². The number of aromatic nitrogens is 1. The van der Waals surface area contributed by atoms with Crippen LogP contribution >= 0.6 is 23.2 Å². The van der Waals surface area contributed by atoms with Crippen molar-refractivity contribution in [3.05, 3.63) is 67.9 Å². The first-order valence-electron chi connectivity index (χ1n) is 6.20. The number of rotatable bonds is 4. The molecule has 0 radical (unpaired) electrons. The SMILES string of the molecule is CN(Cc1ccccc1[N+](=O)[O-])C(=O)c1nc(Cl)ccc1Cl. The maximum atomic E-state index is 12.4. The number of hydrogen-bond acceptors (Lipinski definition) is 4. The van der Waals surface area contributed by atoms with E-state index in [4.69, 9.17) is 23.2 Å². The van der Waals surface area contributed by atoms with Gasteiger partial charge in [-0.3, -0.25) is 14.9 Å². The molecule has 0 atom stereocenters. The van der Waals surface area contributed by atoms with Crippen LogP contribution in [0.1, 0.15) is 16.1 Å². The summed E-state index contributed by atoms with van der Waals surface area (Å²) in [5.41, 5.74) is 0.379. The van der Waals surface area contributed by atoms with E-state index >= 15 is 0 Å². The molecule has 1 aromatic carbocycles. The molecule has 0 saturated heterocycles. The van der Waals surface area contributed by atoms with Crippen LogP contribution in [0.25, 0.3) is 0 Å². The second-order valence-corrected chi connectivity index (χ2v) is 5.31. The number of carbonyl (C=O) groups excluding carboxylic acids is 1. The van der Waals surface area contributed by atoms with Crippen LogP contribution in [0.2, 0.25) is 10.2 Å². The van der Waals surface area contributed by atoms with Gasteiger partial charge in [0.05, 0.1) is 16.5 Å². The predicted octanol–water partition coefficient (Wildman–Crippen LogP) is 3.57. The Bertz CT molecular complexity index is 737. The molecule has 0 N–H and O–H groups in total. The average molecular weight is 340 g/mol. The monoisotopic (exact) mass is 339 g/mol. The second kappa shape index (κ2) is 6.72. The summed E-state index contributed by atoms with van der Waals surface area (Å²) in [6, 6.07) is 9.17. The first kappa shape index (κ1) is 16.2. The first-order chi connectivity index (χ1) is 10.4. The van der Waals surface area contributed by atoms with E-state index in [9.17, 15) is 14.9 Å². The molecule has 1 heterocycles. The maximum Gasteiger partial charge on any atom is 0.274 e. The highest BCUT2D eigenvalue weighted by molar-refractivity contribution is 6.34. The van der Waals surface area contributed by atoms with Gasteiger partial charge in [-0.15, -0.1) is 0 Å². The van der Waals surface area contributed by atoms with Crippen molar-refractivity contribution in [3.63, 3.8) is 0 Å². The van der Waals surface area contributed by atoms with Crippen LogP contribution in [0.15, 0.2) is 36.4 Å². The van der Waals surface area contributed by atoms with E-state index in [0.717, 1.165) is 0 Å². The molecule has 0 aliphatic heterocycles. The van der Waals surface area contributed by atoms with E-state index in [-0.39, 0.29) is 28.1 Å². The molecule has 2 aromatic rings. The Hall–Kier alpha value is -2.18. The van der Waals surface area contributed by atoms with Gasteiger partial charge in [0.15, 0.2) is 0 Å². The number of nitrogens with zero attached hydrogens (tertiary/aromatic N) is 3. The van der Waals surface area contributed by atoms with E-state index in [1.54, 1.807) is 18.2 Å². The third-order valence-electron chi connectivity index (χ3n) is 2.96. The minimum Gasteiger partial charge on any atom is -0.336 e. The Balaban J connectivity index is 2.26. The van der Waals surface area contributed by atoms with Crippen LogP contribution in [0.3, 0.4) is 0 Å². The largest absolute Gasteiger partial charge is 0.336 e. The fraction of sp³-hybridized carbons (Fsp3) is 0.143. The number of carbonyl (C=O) groups is 1. The molecule has 0 spiro atoms. The van der Waals surface area contributed by atoms with Crippen LogP contribution in [0.5, 0.6) is 0 Å². The maximum absolute atomic E-state index is 12.4. The summed E-state index contributed by atoms with van der Waals surface area (Å²) in [6.45, 7) is 0.0561. The Morgan fingerprint density at radius 1 is 1.27 bits per heavy atom. The zero-order valence-corrected chi connectivity index (χ0v) is 13.0. The summed E-state index contributed by atoms with van der Waals surface area (Å²) in [5, 5.41) is 11.3. The van der Waals surface area contributed by atoms with Gasteiger partial charge in [0.25, 0.3) is 11.6 Å². The predicted molar refractivity (Wildman–Crippen MR) is 83.2 cm³/mol. The fourth-order valence-electron chi connectivity index (χ4n) is 1.90. The zero-order chi connectivity index (χ0) is 16.3. The lowest BCUT2D eigenvalue weighted by atomic mass is 10.1. The minimum atomic E-state index is -0.488. The smallest absolute Gasteiger partial charge is 0.274 e. The van der Waals surface area contributed by atoms with Gasteiger partial charge < -0.3 is 4.90 Å². The van der Waals surface area contributed by atoms with Gasteiger partial charge in [0, 0.05) is 18.7 Å². The third kappa shape index (κ3) is 3.52. The molecular formula is C14H11Cl2N3O3. The van der Waals surface area contributed by atoms with E-state index in [1.165, 1.54) is 30.1 Å². The van der Waals surface area contributed by atoms with Crippen molar-refractivity contribution in [1.82, 2.24) is 9.88 Å². The number of para-hydroxylation sites is 1. The van der Waals surface area contributed by atoms with Crippen molar-refractivity contribution in [2.45, 2.75) is 6.54 Å². The summed E-state index contributed by atoms with van der Waals surface area (Å²) in [4.78, 5) is 28.1. The van der Waals surface area contributed by atoms with Gasteiger partial charge >= 0.3 is 0 Å². The first-order valence-corrected chi connectivity index (χ1v) is 6.95. The number of benzene rings is 1. The molecule has 2 rings (SSSR count). The van der Waals surface area contributed by atoms with Crippen molar-refractivity contribution in [2.24, 2.45) is 0 Å². The summed E-state index contributed by atoms with van der Waals surface area (Å²) >= 11 is 11.7. The molecule has 6 nitrogen and oxygen atoms in total. The van der Waals surface area contributed by atoms with Gasteiger partial charge in [-0.1, -0.05) is 41.4 Å². The highest BCUT2D eigenvalue weighted by atomic mass is 35.5. The fourth-order valence-corrected chi connectivity index (χ4v) is 2.23. The summed E-state index contributed by atoms with van der Waals surface area (Å²) < 4.78 is 0.